The van der Waals surface area contributed by atoms with Gasteiger partial charge in [0.25, 0.3) is 11.5 Å². The maximum Gasteiger partial charge on any atom is 0.293 e. The van der Waals surface area contributed by atoms with E-state index in [0.717, 1.165) is 5.56 Å². The molecule has 3 aromatic rings. The first-order valence-corrected chi connectivity index (χ1v) is 8.82. The van der Waals surface area contributed by atoms with E-state index in [2.05, 4.69) is 5.32 Å². The lowest BCUT2D eigenvalue weighted by Crippen LogP contribution is -2.27. The molecule has 0 aliphatic heterocycles. The van der Waals surface area contributed by atoms with Gasteiger partial charge in [0.15, 0.2) is 18.3 Å². The highest BCUT2D eigenvalue weighted by atomic mass is 16.3. The van der Waals surface area contributed by atoms with Crippen molar-refractivity contribution < 1.29 is 19.5 Å². The number of rotatable bonds is 7. The van der Waals surface area contributed by atoms with E-state index >= 15 is 0 Å². The summed E-state index contributed by atoms with van der Waals surface area (Å²) in [6.45, 7) is 0.220. The van der Waals surface area contributed by atoms with Gasteiger partial charge in [-0.05, 0) is 17.2 Å². The van der Waals surface area contributed by atoms with E-state index in [0.29, 0.717) is 18.1 Å². The molecule has 0 bridgehead atoms. The number of nitrogens with zero attached hydrogens (tertiary/aromatic N) is 1. The van der Waals surface area contributed by atoms with Gasteiger partial charge in [-0.15, -0.1) is 0 Å². The van der Waals surface area contributed by atoms with E-state index in [1.54, 1.807) is 12.1 Å². The third-order valence-electron chi connectivity index (χ3n) is 4.49. The fourth-order valence-corrected chi connectivity index (χ4v) is 2.95. The third kappa shape index (κ3) is 4.30. The molecule has 0 spiro atoms. The van der Waals surface area contributed by atoms with Gasteiger partial charge in [-0.1, -0.05) is 48.5 Å². The van der Waals surface area contributed by atoms with Crippen molar-refractivity contribution in [1.29, 1.82) is 0 Å². The Morgan fingerprint density at radius 1 is 1.00 bits per heavy atom. The van der Waals surface area contributed by atoms with Gasteiger partial charge in [0.1, 0.15) is 0 Å². The number of hydrogen-bond acceptors (Lipinski definition) is 5. The smallest absolute Gasteiger partial charge is 0.293 e. The molecule has 0 saturated heterocycles. The molecule has 3 rings (SSSR count). The summed E-state index contributed by atoms with van der Waals surface area (Å²) in [6, 6.07) is 15.3. The molecule has 1 amide bonds. The van der Waals surface area contributed by atoms with Crippen LogP contribution in [0.2, 0.25) is 0 Å². The predicted octanol–water partition coefficient (Wildman–Crippen LogP) is 2.16. The fourth-order valence-electron chi connectivity index (χ4n) is 2.95. The van der Waals surface area contributed by atoms with Gasteiger partial charge in [-0.25, -0.2) is 0 Å². The lowest BCUT2D eigenvalue weighted by Gasteiger charge is -2.11. The van der Waals surface area contributed by atoms with Crippen LogP contribution in [-0.2, 0) is 13.1 Å². The molecule has 0 aliphatic rings. The van der Waals surface area contributed by atoms with Gasteiger partial charge in [0, 0.05) is 23.9 Å². The molecule has 0 aliphatic carbocycles. The Bertz CT molecular complexity index is 1120. The van der Waals surface area contributed by atoms with Gasteiger partial charge in [-0.2, -0.15) is 0 Å². The van der Waals surface area contributed by atoms with E-state index in [4.69, 9.17) is 0 Å². The molecule has 1 aromatic heterocycles. The summed E-state index contributed by atoms with van der Waals surface area (Å²) >= 11 is 0. The first-order chi connectivity index (χ1) is 14.0. The Kier molecular flexibility index (Phi) is 5.99. The summed E-state index contributed by atoms with van der Waals surface area (Å²) in [7, 11) is 0. The summed E-state index contributed by atoms with van der Waals surface area (Å²) in [6.07, 6.45) is 2.55. The molecule has 7 heteroatoms. The maximum absolute atomic E-state index is 12.4. The molecular weight excluding hydrogens is 372 g/mol. The van der Waals surface area contributed by atoms with Gasteiger partial charge in [0.2, 0.25) is 0 Å². The maximum atomic E-state index is 12.4. The van der Waals surface area contributed by atoms with Crippen molar-refractivity contribution in [3.05, 3.63) is 99.0 Å². The molecule has 0 fully saturated rings. The number of nitrogens with one attached hydrogen (secondary N) is 1. The average molecular weight is 390 g/mol. The monoisotopic (exact) mass is 390 g/mol. The minimum atomic E-state index is -0.682. The van der Waals surface area contributed by atoms with Crippen molar-refractivity contribution in [2.45, 2.75) is 13.1 Å². The van der Waals surface area contributed by atoms with Crippen molar-refractivity contribution in [3.63, 3.8) is 0 Å². The second kappa shape index (κ2) is 8.79. The van der Waals surface area contributed by atoms with Crippen LogP contribution in [0.1, 0.15) is 42.2 Å². The standard InChI is InChI=1S/C22H18N2O5/c25-13-17-8-4-7-16(19(17)14-26)11-23-21(28)18-9-10-24(22(29)20(18)27)12-15-5-2-1-3-6-15/h1-10,13-14,27H,11-12H2,(H,23,28). The molecule has 0 saturated carbocycles. The van der Waals surface area contributed by atoms with Crippen molar-refractivity contribution in [1.82, 2.24) is 9.88 Å². The Hall–Kier alpha value is -4.00. The number of carbonyl (C=O) groups is 3. The van der Waals surface area contributed by atoms with Gasteiger partial charge < -0.3 is 15.0 Å². The van der Waals surface area contributed by atoms with Crippen LogP contribution >= 0.6 is 0 Å². The van der Waals surface area contributed by atoms with Crippen LogP contribution in [0.15, 0.2) is 65.6 Å². The van der Waals surface area contributed by atoms with Crippen LogP contribution < -0.4 is 10.9 Å². The molecule has 146 valence electrons. The molecule has 0 unspecified atom stereocenters. The third-order valence-corrected chi connectivity index (χ3v) is 4.49. The second-order valence-electron chi connectivity index (χ2n) is 6.34. The van der Waals surface area contributed by atoms with E-state index < -0.39 is 17.2 Å². The Labute approximate surface area is 166 Å². The first-order valence-electron chi connectivity index (χ1n) is 8.82. The van der Waals surface area contributed by atoms with Crippen LogP contribution in [0.3, 0.4) is 0 Å². The Balaban J connectivity index is 1.78. The summed E-state index contributed by atoms with van der Waals surface area (Å²) in [4.78, 5) is 47.1. The molecule has 2 aromatic carbocycles. The van der Waals surface area contributed by atoms with Gasteiger partial charge in [-0.3, -0.25) is 19.2 Å². The van der Waals surface area contributed by atoms with E-state index in [9.17, 15) is 24.3 Å². The SMILES string of the molecule is O=Cc1cccc(CNC(=O)c2ccn(Cc3ccccc3)c(=O)c2O)c1C=O. The molecule has 0 radical (unpaired) electrons. The molecule has 1 heterocycles. The minimum absolute atomic E-state index is 0.0405. The van der Waals surface area contributed by atoms with Gasteiger partial charge in [0.05, 0.1) is 12.1 Å². The topological polar surface area (TPSA) is 105 Å². The number of carbonyl (C=O) groups excluding carboxylic acids is 3. The summed E-state index contributed by atoms with van der Waals surface area (Å²) in [5.74, 6) is -1.32. The molecule has 29 heavy (non-hydrogen) atoms. The lowest BCUT2D eigenvalue weighted by atomic mass is 10.0. The summed E-state index contributed by atoms with van der Waals surface area (Å²) < 4.78 is 1.31. The van der Waals surface area contributed by atoms with Crippen molar-refractivity contribution in [3.8, 4) is 5.75 Å². The number of amides is 1. The summed E-state index contributed by atoms with van der Waals surface area (Å²) in [5.41, 5.74) is 0.887. The zero-order chi connectivity index (χ0) is 20.8. The van der Waals surface area contributed by atoms with Crippen LogP contribution in [-0.4, -0.2) is 28.2 Å². The Morgan fingerprint density at radius 3 is 2.45 bits per heavy atom. The number of aromatic hydroxyl groups is 1. The van der Waals surface area contributed by atoms with Crippen LogP contribution in [0.4, 0.5) is 0 Å². The highest BCUT2D eigenvalue weighted by Gasteiger charge is 2.16. The normalized spacial score (nSPS) is 10.3. The van der Waals surface area contributed by atoms with E-state index in [1.807, 2.05) is 30.3 Å². The number of hydrogen-bond donors (Lipinski definition) is 2. The van der Waals surface area contributed by atoms with Crippen LogP contribution in [0.25, 0.3) is 0 Å². The number of aldehydes is 2. The second-order valence-corrected chi connectivity index (χ2v) is 6.34. The molecule has 7 nitrogen and oxygen atoms in total. The van der Waals surface area contributed by atoms with Crippen LogP contribution in [0, 0.1) is 0 Å². The van der Waals surface area contributed by atoms with E-state index in [-0.39, 0.29) is 29.8 Å². The zero-order valence-corrected chi connectivity index (χ0v) is 15.4. The molecule has 2 N–H and O–H groups in total. The number of pyridine rings is 1. The fraction of sp³-hybridized carbons (Fsp3) is 0.0909. The van der Waals surface area contributed by atoms with Crippen LogP contribution in [0.5, 0.6) is 5.75 Å². The lowest BCUT2D eigenvalue weighted by molar-refractivity contribution is 0.0946. The number of benzene rings is 2. The van der Waals surface area contributed by atoms with Crippen molar-refractivity contribution >= 4 is 18.5 Å². The van der Waals surface area contributed by atoms with Crippen molar-refractivity contribution in [2.24, 2.45) is 0 Å². The number of aromatic nitrogens is 1. The minimum Gasteiger partial charge on any atom is -0.502 e. The molecular formula is C22H18N2O5. The summed E-state index contributed by atoms with van der Waals surface area (Å²) in [5, 5.41) is 12.8. The van der Waals surface area contributed by atoms with Gasteiger partial charge >= 0.3 is 0 Å². The average Bonchev–Trinajstić information content (AvgIpc) is 2.75. The van der Waals surface area contributed by atoms with Crippen molar-refractivity contribution in [2.75, 3.05) is 0 Å². The zero-order valence-electron chi connectivity index (χ0n) is 15.4. The highest BCUT2D eigenvalue weighted by molar-refractivity contribution is 5.97. The van der Waals surface area contributed by atoms with E-state index in [1.165, 1.54) is 22.9 Å². The quantitative estimate of drug-likeness (QED) is 0.602. The predicted molar refractivity (Wildman–Crippen MR) is 106 cm³/mol. The first kappa shape index (κ1) is 19.8. The highest BCUT2D eigenvalue weighted by Crippen LogP contribution is 2.14. The Morgan fingerprint density at radius 2 is 1.76 bits per heavy atom. The largest absolute Gasteiger partial charge is 0.502 e. The molecule has 0 atom stereocenters.